The van der Waals surface area contributed by atoms with Crippen LogP contribution >= 0.6 is 0 Å². The predicted molar refractivity (Wildman–Crippen MR) is 135 cm³/mol. The van der Waals surface area contributed by atoms with Crippen molar-refractivity contribution in [1.82, 2.24) is 15.2 Å². The van der Waals surface area contributed by atoms with E-state index in [1.807, 2.05) is 6.20 Å². The molecule has 1 amide bonds. The molecule has 180 valence electrons. The van der Waals surface area contributed by atoms with Gasteiger partial charge in [-0.15, -0.1) is 0 Å². The molecule has 2 N–H and O–H groups in total. The number of amides is 1. The van der Waals surface area contributed by atoms with Crippen LogP contribution in [0, 0.1) is 10.1 Å². The molecule has 3 aromatic rings. The summed E-state index contributed by atoms with van der Waals surface area (Å²) in [6.07, 6.45) is 4.62. The largest absolute Gasteiger partial charge is 0.361 e. The smallest absolute Gasteiger partial charge is 0.270 e. The summed E-state index contributed by atoms with van der Waals surface area (Å²) in [7, 11) is 0. The van der Waals surface area contributed by atoms with E-state index in [1.54, 1.807) is 12.1 Å². The molecule has 2 heterocycles. The molecule has 34 heavy (non-hydrogen) atoms. The van der Waals surface area contributed by atoms with E-state index in [4.69, 9.17) is 0 Å². The lowest BCUT2D eigenvalue weighted by Crippen LogP contribution is -2.34. The summed E-state index contributed by atoms with van der Waals surface area (Å²) >= 11 is 0. The van der Waals surface area contributed by atoms with Crippen LogP contribution in [-0.4, -0.2) is 46.9 Å². The van der Waals surface area contributed by atoms with Crippen molar-refractivity contribution in [1.29, 1.82) is 0 Å². The minimum atomic E-state index is -0.381. The summed E-state index contributed by atoms with van der Waals surface area (Å²) in [4.78, 5) is 29.6. The fourth-order valence-electron chi connectivity index (χ4n) is 4.77. The minimum Gasteiger partial charge on any atom is -0.361 e. The molecule has 1 atom stereocenters. The highest BCUT2D eigenvalue weighted by molar-refractivity contribution is 5.87. The van der Waals surface area contributed by atoms with Gasteiger partial charge in [-0.1, -0.05) is 45.0 Å². The Labute approximate surface area is 200 Å². The maximum Gasteiger partial charge on any atom is 0.270 e. The number of benzene rings is 2. The Kier molecular flexibility index (Phi) is 7.03. The number of hydrogen-bond acceptors (Lipinski definition) is 4. The number of H-pyrrole nitrogens is 1. The molecule has 1 saturated heterocycles. The van der Waals surface area contributed by atoms with Crippen molar-refractivity contribution >= 4 is 22.5 Å². The first kappa shape index (κ1) is 24.0. The Bertz CT molecular complexity index is 1150. The van der Waals surface area contributed by atoms with Crippen molar-refractivity contribution in [3.05, 3.63) is 75.5 Å². The number of rotatable bonds is 8. The van der Waals surface area contributed by atoms with Gasteiger partial charge in [0, 0.05) is 54.7 Å². The normalized spacial score (nSPS) is 15.5. The maximum absolute atomic E-state index is 13.0. The van der Waals surface area contributed by atoms with Crippen LogP contribution in [0.15, 0.2) is 48.7 Å². The summed E-state index contributed by atoms with van der Waals surface area (Å²) in [5, 5.41) is 15.2. The standard InChI is InChI=1S/C27H34N4O3/c1-27(2,3)20-8-6-19(7-9-20)22(17-26(32)28-12-15-30-13-4-5-14-30)24-18-29-25-11-10-21(31(33)34)16-23(24)25/h6-11,16,18,22,29H,4-5,12-15,17H2,1-3H3,(H,28,32). The number of nitro groups is 1. The number of carbonyl (C=O) groups excluding carboxylic acids is 1. The molecule has 7 nitrogen and oxygen atoms in total. The highest BCUT2D eigenvalue weighted by atomic mass is 16.6. The molecular formula is C27H34N4O3. The van der Waals surface area contributed by atoms with Crippen LogP contribution in [0.3, 0.4) is 0 Å². The number of likely N-dealkylation sites (tertiary alicyclic amines) is 1. The van der Waals surface area contributed by atoms with E-state index in [1.165, 1.54) is 24.5 Å². The average molecular weight is 463 g/mol. The zero-order valence-corrected chi connectivity index (χ0v) is 20.3. The Morgan fingerprint density at radius 2 is 1.85 bits per heavy atom. The molecule has 1 aliphatic rings. The van der Waals surface area contributed by atoms with Gasteiger partial charge in [0.15, 0.2) is 0 Å². The quantitative estimate of drug-likeness (QED) is 0.360. The van der Waals surface area contributed by atoms with Crippen molar-refractivity contribution in [2.45, 2.75) is 51.4 Å². The van der Waals surface area contributed by atoms with Crippen LogP contribution < -0.4 is 5.32 Å². The Hall–Kier alpha value is -3.19. The first-order valence-corrected chi connectivity index (χ1v) is 12.1. The van der Waals surface area contributed by atoms with Crippen molar-refractivity contribution in [3.63, 3.8) is 0 Å². The van der Waals surface area contributed by atoms with E-state index >= 15 is 0 Å². The third kappa shape index (κ3) is 5.47. The molecule has 1 fully saturated rings. The number of non-ortho nitro benzene ring substituents is 1. The minimum absolute atomic E-state index is 0.0103. The molecule has 2 aromatic carbocycles. The summed E-state index contributed by atoms with van der Waals surface area (Å²) in [6.45, 7) is 10.2. The molecule has 0 bridgehead atoms. The SMILES string of the molecule is CC(C)(C)c1ccc(C(CC(=O)NCCN2CCCC2)c2c[nH]c3ccc([N+](=O)[O-])cc23)cc1. The Balaban J connectivity index is 1.61. The van der Waals surface area contributed by atoms with E-state index < -0.39 is 0 Å². The van der Waals surface area contributed by atoms with E-state index in [2.05, 4.69) is 60.2 Å². The highest BCUT2D eigenvalue weighted by Crippen LogP contribution is 2.36. The lowest BCUT2D eigenvalue weighted by molar-refractivity contribution is -0.384. The van der Waals surface area contributed by atoms with Crippen LogP contribution in [0.5, 0.6) is 0 Å². The Morgan fingerprint density at radius 1 is 1.15 bits per heavy atom. The third-order valence-corrected chi connectivity index (χ3v) is 6.80. The molecule has 0 radical (unpaired) electrons. The molecule has 0 aliphatic carbocycles. The number of fused-ring (bicyclic) bond motifs is 1. The fourth-order valence-corrected chi connectivity index (χ4v) is 4.77. The van der Waals surface area contributed by atoms with Gasteiger partial charge in [-0.2, -0.15) is 0 Å². The van der Waals surface area contributed by atoms with Gasteiger partial charge in [0.25, 0.3) is 5.69 Å². The monoisotopic (exact) mass is 462 g/mol. The molecule has 0 spiro atoms. The van der Waals surface area contributed by atoms with Crippen LogP contribution in [0.1, 0.15) is 62.6 Å². The maximum atomic E-state index is 13.0. The number of nitrogens with zero attached hydrogens (tertiary/aromatic N) is 2. The van der Waals surface area contributed by atoms with E-state index in [9.17, 15) is 14.9 Å². The zero-order chi connectivity index (χ0) is 24.3. The van der Waals surface area contributed by atoms with Crippen molar-refractivity contribution < 1.29 is 9.72 Å². The van der Waals surface area contributed by atoms with Gasteiger partial charge in [-0.25, -0.2) is 0 Å². The van der Waals surface area contributed by atoms with E-state index in [-0.39, 0.29) is 34.3 Å². The van der Waals surface area contributed by atoms with Gasteiger partial charge in [0.2, 0.25) is 5.91 Å². The van der Waals surface area contributed by atoms with Crippen molar-refractivity contribution in [3.8, 4) is 0 Å². The van der Waals surface area contributed by atoms with E-state index in [0.717, 1.165) is 41.7 Å². The van der Waals surface area contributed by atoms with Crippen LogP contribution in [0.4, 0.5) is 5.69 Å². The second kappa shape index (κ2) is 9.97. The molecule has 7 heteroatoms. The zero-order valence-electron chi connectivity index (χ0n) is 20.3. The Morgan fingerprint density at radius 3 is 2.50 bits per heavy atom. The predicted octanol–water partition coefficient (Wildman–Crippen LogP) is 5.11. The molecule has 1 unspecified atom stereocenters. The second-order valence-electron chi connectivity index (χ2n) is 10.3. The lowest BCUT2D eigenvalue weighted by Gasteiger charge is -2.22. The van der Waals surface area contributed by atoms with Gasteiger partial charge in [0.1, 0.15) is 0 Å². The van der Waals surface area contributed by atoms with Gasteiger partial charge in [-0.05, 0) is 54.1 Å². The number of nitrogens with one attached hydrogen (secondary N) is 2. The van der Waals surface area contributed by atoms with Crippen molar-refractivity contribution in [2.24, 2.45) is 0 Å². The molecule has 1 aromatic heterocycles. The van der Waals surface area contributed by atoms with Gasteiger partial charge >= 0.3 is 0 Å². The lowest BCUT2D eigenvalue weighted by atomic mass is 9.83. The van der Waals surface area contributed by atoms with Crippen LogP contribution in [-0.2, 0) is 10.2 Å². The second-order valence-corrected chi connectivity index (χ2v) is 10.3. The van der Waals surface area contributed by atoms with Crippen LogP contribution in [0.25, 0.3) is 10.9 Å². The first-order valence-electron chi connectivity index (χ1n) is 12.1. The number of carbonyl (C=O) groups is 1. The summed E-state index contributed by atoms with van der Waals surface area (Å²) in [6, 6.07) is 13.2. The summed E-state index contributed by atoms with van der Waals surface area (Å²) in [5.74, 6) is -0.222. The molecule has 0 saturated carbocycles. The molecule has 4 rings (SSSR count). The number of aromatic amines is 1. The van der Waals surface area contributed by atoms with Gasteiger partial charge < -0.3 is 15.2 Å². The first-order chi connectivity index (χ1) is 16.2. The number of hydrogen-bond donors (Lipinski definition) is 2. The topological polar surface area (TPSA) is 91.3 Å². The number of nitro benzene ring substituents is 1. The number of aromatic nitrogens is 1. The third-order valence-electron chi connectivity index (χ3n) is 6.80. The summed E-state index contributed by atoms with van der Waals surface area (Å²) in [5.41, 5.74) is 4.05. The van der Waals surface area contributed by atoms with Gasteiger partial charge in [0.05, 0.1) is 4.92 Å². The van der Waals surface area contributed by atoms with E-state index in [0.29, 0.717) is 6.54 Å². The average Bonchev–Trinajstić information content (AvgIpc) is 3.46. The van der Waals surface area contributed by atoms with Gasteiger partial charge in [-0.3, -0.25) is 14.9 Å². The molecule has 1 aliphatic heterocycles. The highest BCUT2D eigenvalue weighted by Gasteiger charge is 2.24. The van der Waals surface area contributed by atoms with Crippen molar-refractivity contribution in [2.75, 3.05) is 26.2 Å². The molecular weight excluding hydrogens is 428 g/mol. The van der Waals surface area contributed by atoms with Crippen LogP contribution in [0.2, 0.25) is 0 Å². The summed E-state index contributed by atoms with van der Waals surface area (Å²) < 4.78 is 0. The fraction of sp³-hybridized carbons (Fsp3) is 0.444.